The number of rotatable bonds is 5. The second-order valence-corrected chi connectivity index (χ2v) is 16.0. The van der Waals surface area contributed by atoms with Crippen molar-refractivity contribution < 1.29 is 18.0 Å². The van der Waals surface area contributed by atoms with E-state index in [1.54, 1.807) is 0 Å². The number of halogens is 3. The van der Waals surface area contributed by atoms with Crippen LogP contribution in [0.2, 0.25) is 0 Å². The average Bonchev–Trinajstić information content (AvgIpc) is 3.81. The highest BCUT2D eigenvalue weighted by molar-refractivity contribution is 5.96. The Hall–Kier alpha value is -3.20. The van der Waals surface area contributed by atoms with Crippen LogP contribution in [0.5, 0.6) is 0 Å². The van der Waals surface area contributed by atoms with Gasteiger partial charge in [0.15, 0.2) is 0 Å². The predicted octanol–water partition coefficient (Wildman–Crippen LogP) is 7.77. The van der Waals surface area contributed by atoms with Crippen molar-refractivity contribution in [1.29, 1.82) is 0 Å². The van der Waals surface area contributed by atoms with Gasteiger partial charge in [0.25, 0.3) is 5.91 Å². The SMILES string of the molecule is CN1CC(C)(C)CC(N)(c2ccccc2)C1.CN1CC(C)(C)CC(NC(=O)c2ccc(C(F)(F)F)cc2C2CC2)(c2ccccc2)C1. The third kappa shape index (κ3) is 8.45. The Morgan fingerprint density at radius 2 is 1.30 bits per heavy atom. The molecule has 1 saturated carbocycles. The van der Waals surface area contributed by atoms with Gasteiger partial charge in [-0.15, -0.1) is 0 Å². The topological polar surface area (TPSA) is 61.6 Å². The Labute approximate surface area is 278 Å². The number of nitrogens with zero attached hydrogens (tertiary/aromatic N) is 2. The summed E-state index contributed by atoms with van der Waals surface area (Å²) < 4.78 is 39.8. The smallest absolute Gasteiger partial charge is 0.341 e. The molecule has 3 aromatic carbocycles. The number of hydrogen-bond acceptors (Lipinski definition) is 4. The van der Waals surface area contributed by atoms with E-state index in [1.165, 1.54) is 17.7 Å². The van der Waals surface area contributed by atoms with Gasteiger partial charge in [-0.2, -0.15) is 13.2 Å². The van der Waals surface area contributed by atoms with Gasteiger partial charge in [0, 0.05) is 31.7 Å². The summed E-state index contributed by atoms with van der Waals surface area (Å²) in [5.41, 5.74) is 8.51. The number of alkyl halides is 3. The van der Waals surface area contributed by atoms with Crippen molar-refractivity contribution in [3.8, 4) is 0 Å². The first-order valence-corrected chi connectivity index (χ1v) is 16.7. The number of carbonyl (C=O) groups is 1. The summed E-state index contributed by atoms with van der Waals surface area (Å²) in [5.74, 6) is -0.272. The van der Waals surface area contributed by atoms with Crippen LogP contribution < -0.4 is 11.1 Å². The lowest BCUT2D eigenvalue weighted by Gasteiger charge is -2.49. The third-order valence-corrected chi connectivity index (χ3v) is 9.73. The minimum Gasteiger partial charge on any atom is -0.341 e. The van der Waals surface area contributed by atoms with Gasteiger partial charge in [0.1, 0.15) is 0 Å². The number of likely N-dealkylation sites (tertiary alicyclic amines) is 2. The van der Waals surface area contributed by atoms with Crippen LogP contribution in [-0.4, -0.2) is 56.0 Å². The maximum atomic E-state index is 13.5. The van der Waals surface area contributed by atoms with Gasteiger partial charge in [-0.1, -0.05) is 88.4 Å². The highest BCUT2D eigenvalue weighted by atomic mass is 19.4. The first-order valence-electron chi connectivity index (χ1n) is 16.7. The number of likely N-dealkylation sites (N-methyl/N-ethyl adjacent to an activating group) is 2. The van der Waals surface area contributed by atoms with Crippen LogP contribution in [0.1, 0.15) is 91.9 Å². The summed E-state index contributed by atoms with van der Waals surface area (Å²) >= 11 is 0. The standard InChI is InChI=1S/C25H29F3N2O.C14H22N2/c1-23(2)14-24(16-30(3)15-23,18-7-5-4-6-8-18)29-22(31)20-12-11-19(25(26,27)28)13-21(20)17-9-10-17;1-13(2)9-14(15,11-16(3)10-13)12-7-5-4-6-8-12/h4-8,11-13,17H,9-10,14-16H2,1-3H3,(H,29,31);4-8H,9-11,15H2,1-3H3. The maximum absolute atomic E-state index is 13.5. The molecule has 1 amide bonds. The number of benzene rings is 3. The van der Waals surface area contributed by atoms with E-state index < -0.39 is 17.3 Å². The molecule has 1 aliphatic carbocycles. The van der Waals surface area contributed by atoms with Crippen molar-refractivity contribution in [1.82, 2.24) is 15.1 Å². The lowest BCUT2D eigenvalue weighted by atomic mass is 9.71. The summed E-state index contributed by atoms with van der Waals surface area (Å²) in [6, 6.07) is 23.9. The fraction of sp³-hybridized carbons (Fsp3) is 0.513. The van der Waals surface area contributed by atoms with Crippen molar-refractivity contribution in [2.45, 2.75) is 76.6 Å². The molecule has 47 heavy (non-hydrogen) atoms. The average molecular weight is 649 g/mol. The molecule has 6 rings (SSSR count). The third-order valence-electron chi connectivity index (χ3n) is 9.73. The van der Waals surface area contributed by atoms with Crippen molar-refractivity contribution in [3.05, 3.63) is 107 Å². The molecule has 0 radical (unpaired) electrons. The zero-order chi connectivity index (χ0) is 34.3. The van der Waals surface area contributed by atoms with Gasteiger partial charge in [-0.05, 0) is 91.4 Å². The van der Waals surface area contributed by atoms with E-state index >= 15 is 0 Å². The van der Waals surface area contributed by atoms with Crippen LogP contribution in [0.15, 0.2) is 78.9 Å². The van der Waals surface area contributed by atoms with E-state index in [4.69, 9.17) is 5.73 Å². The fourth-order valence-corrected chi connectivity index (χ4v) is 8.44. The minimum atomic E-state index is -4.42. The van der Waals surface area contributed by atoms with Crippen molar-refractivity contribution >= 4 is 5.91 Å². The lowest BCUT2D eigenvalue weighted by Crippen LogP contribution is -2.60. The Kier molecular flexibility index (Phi) is 9.72. The van der Waals surface area contributed by atoms with E-state index in [9.17, 15) is 18.0 Å². The molecule has 0 bridgehead atoms. The largest absolute Gasteiger partial charge is 0.416 e. The number of carbonyl (C=O) groups excluding carboxylic acids is 1. The van der Waals surface area contributed by atoms with Crippen LogP contribution in [0.25, 0.3) is 0 Å². The molecule has 3 fully saturated rings. The van der Waals surface area contributed by atoms with Crippen molar-refractivity contribution in [2.75, 3.05) is 40.3 Å². The summed E-state index contributed by atoms with van der Waals surface area (Å²) in [5, 5.41) is 3.27. The van der Waals surface area contributed by atoms with Crippen molar-refractivity contribution in [2.24, 2.45) is 16.6 Å². The number of hydrogen-bond donors (Lipinski definition) is 2. The quantitative estimate of drug-likeness (QED) is 0.297. The van der Waals surface area contributed by atoms with Gasteiger partial charge >= 0.3 is 6.18 Å². The highest BCUT2D eigenvalue weighted by Crippen LogP contribution is 2.45. The predicted molar refractivity (Wildman–Crippen MR) is 183 cm³/mol. The molecule has 2 unspecified atom stereocenters. The molecular formula is C39H51F3N4O. The molecule has 0 spiro atoms. The summed E-state index contributed by atoms with van der Waals surface area (Å²) in [4.78, 5) is 18.1. The van der Waals surface area contributed by atoms with Gasteiger partial charge < -0.3 is 20.9 Å². The van der Waals surface area contributed by atoms with E-state index in [-0.39, 0.29) is 28.2 Å². The second-order valence-electron chi connectivity index (χ2n) is 16.0. The van der Waals surface area contributed by atoms with Crippen LogP contribution >= 0.6 is 0 Å². The lowest BCUT2D eigenvalue weighted by molar-refractivity contribution is -0.137. The van der Waals surface area contributed by atoms with Crippen LogP contribution in [0.3, 0.4) is 0 Å². The first-order chi connectivity index (χ1) is 21.9. The Morgan fingerprint density at radius 3 is 1.81 bits per heavy atom. The molecule has 5 nitrogen and oxygen atoms in total. The van der Waals surface area contributed by atoms with Gasteiger partial charge in [-0.3, -0.25) is 4.79 Å². The van der Waals surface area contributed by atoms with E-state index in [0.29, 0.717) is 17.7 Å². The molecule has 0 aromatic heterocycles. The molecule has 2 aliphatic heterocycles. The van der Waals surface area contributed by atoms with Crippen LogP contribution in [0.4, 0.5) is 13.2 Å². The zero-order valence-electron chi connectivity index (χ0n) is 28.8. The van der Waals surface area contributed by atoms with E-state index in [1.807, 2.05) is 43.4 Å². The van der Waals surface area contributed by atoms with E-state index in [0.717, 1.165) is 56.9 Å². The molecule has 2 heterocycles. The fourth-order valence-electron chi connectivity index (χ4n) is 8.44. The molecule has 254 valence electrons. The minimum absolute atomic E-state index is 0.0289. The van der Waals surface area contributed by atoms with Crippen LogP contribution in [-0.2, 0) is 17.3 Å². The molecule has 8 heteroatoms. The number of nitrogens with one attached hydrogen (secondary N) is 1. The molecular weight excluding hydrogens is 597 g/mol. The normalized spacial score (nSPS) is 26.2. The van der Waals surface area contributed by atoms with Gasteiger partial charge in [-0.25, -0.2) is 0 Å². The second kappa shape index (κ2) is 13.0. The Balaban J connectivity index is 0.000000227. The maximum Gasteiger partial charge on any atom is 0.416 e. The monoisotopic (exact) mass is 648 g/mol. The Bertz CT molecular complexity index is 1540. The zero-order valence-corrected chi connectivity index (χ0v) is 28.8. The van der Waals surface area contributed by atoms with Gasteiger partial charge in [0.2, 0.25) is 0 Å². The van der Waals surface area contributed by atoms with Crippen molar-refractivity contribution in [3.63, 3.8) is 0 Å². The highest BCUT2D eigenvalue weighted by Gasteiger charge is 2.45. The summed E-state index contributed by atoms with van der Waals surface area (Å²) in [7, 11) is 4.20. The number of piperidine rings is 2. The van der Waals surface area contributed by atoms with Crippen LogP contribution in [0, 0.1) is 10.8 Å². The molecule has 3 aromatic rings. The molecule has 3 N–H and O–H groups in total. The summed E-state index contributed by atoms with van der Waals surface area (Å²) in [6.07, 6.45) is -0.976. The number of nitrogens with two attached hydrogens (primary N) is 1. The number of amides is 1. The molecule has 2 atom stereocenters. The first kappa shape index (κ1) is 35.1. The van der Waals surface area contributed by atoms with Gasteiger partial charge in [0.05, 0.1) is 16.6 Å². The molecule has 3 aliphatic rings. The summed E-state index contributed by atoms with van der Waals surface area (Å²) in [6.45, 7) is 12.6. The molecule has 2 saturated heterocycles. The van der Waals surface area contributed by atoms with E-state index in [2.05, 4.69) is 74.1 Å². The Morgan fingerprint density at radius 1 is 0.766 bits per heavy atom.